The molecular formula is C14H13N3O2. The Kier molecular flexibility index (Phi) is 3.96. The Morgan fingerprint density at radius 1 is 1.47 bits per heavy atom. The van der Waals surface area contributed by atoms with E-state index in [1.54, 1.807) is 31.2 Å². The number of nitrogens with one attached hydrogen (secondary N) is 1. The number of carbonyl (C=O) groups is 1. The molecular weight excluding hydrogens is 242 g/mol. The van der Waals surface area contributed by atoms with Crippen LogP contribution in [0.25, 0.3) is 0 Å². The first-order valence-electron chi connectivity index (χ1n) is 5.72. The average molecular weight is 255 g/mol. The van der Waals surface area contributed by atoms with Gasteiger partial charge in [-0.2, -0.15) is 0 Å². The van der Waals surface area contributed by atoms with Crippen molar-refractivity contribution < 1.29 is 9.32 Å². The van der Waals surface area contributed by atoms with Crippen molar-refractivity contribution in [2.75, 3.05) is 11.9 Å². The van der Waals surface area contributed by atoms with Crippen LogP contribution in [0.4, 0.5) is 5.88 Å². The number of nitrogens with zero attached hydrogens (tertiary/aromatic N) is 1. The van der Waals surface area contributed by atoms with Crippen LogP contribution in [0, 0.1) is 18.8 Å². The third-order valence-corrected chi connectivity index (χ3v) is 2.32. The molecule has 0 radical (unpaired) electrons. The van der Waals surface area contributed by atoms with E-state index < -0.39 is 0 Å². The summed E-state index contributed by atoms with van der Waals surface area (Å²) in [6, 6.07) is 8.63. The van der Waals surface area contributed by atoms with Crippen molar-refractivity contribution in [2.45, 2.75) is 6.92 Å². The summed E-state index contributed by atoms with van der Waals surface area (Å²) in [5.41, 5.74) is 7.25. The molecule has 1 amide bonds. The van der Waals surface area contributed by atoms with Crippen LogP contribution in [0.5, 0.6) is 0 Å². The molecule has 96 valence electrons. The number of nitrogens with two attached hydrogens (primary N) is 1. The number of aryl methyl sites for hydroxylation is 1. The molecule has 19 heavy (non-hydrogen) atoms. The van der Waals surface area contributed by atoms with E-state index in [0.717, 1.165) is 5.56 Å². The summed E-state index contributed by atoms with van der Waals surface area (Å²) in [5, 5.41) is 6.32. The zero-order chi connectivity index (χ0) is 13.7. The highest BCUT2D eigenvalue weighted by Crippen LogP contribution is 2.11. The van der Waals surface area contributed by atoms with Crippen LogP contribution in [0.3, 0.4) is 0 Å². The van der Waals surface area contributed by atoms with Crippen molar-refractivity contribution in [3.05, 3.63) is 47.2 Å². The van der Waals surface area contributed by atoms with Gasteiger partial charge in [-0.15, -0.1) is 0 Å². The summed E-state index contributed by atoms with van der Waals surface area (Å²) >= 11 is 0. The van der Waals surface area contributed by atoms with Crippen LogP contribution in [0.1, 0.15) is 21.6 Å². The van der Waals surface area contributed by atoms with E-state index >= 15 is 0 Å². The lowest BCUT2D eigenvalue weighted by Gasteiger charge is -2.01. The van der Waals surface area contributed by atoms with Crippen molar-refractivity contribution in [1.82, 2.24) is 5.16 Å². The third kappa shape index (κ3) is 3.44. The average Bonchev–Trinajstić information content (AvgIpc) is 2.82. The minimum absolute atomic E-state index is 0.271. The summed E-state index contributed by atoms with van der Waals surface area (Å²) in [7, 11) is 0. The fraction of sp³-hybridized carbons (Fsp3) is 0.143. The van der Waals surface area contributed by atoms with Crippen LogP contribution in [-0.2, 0) is 0 Å². The van der Waals surface area contributed by atoms with Crippen molar-refractivity contribution in [2.24, 2.45) is 5.73 Å². The Labute approximate surface area is 110 Å². The highest BCUT2D eigenvalue weighted by Gasteiger charge is 2.09. The van der Waals surface area contributed by atoms with Gasteiger partial charge in [0.15, 0.2) is 0 Å². The number of hydrogen-bond acceptors (Lipinski definition) is 4. The summed E-state index contributed by atoms with van der Waals surface area (Å²) in [6.45, 7) is 2.07. The predicted molar refractivity (Wildman–Crippen MR) is 71.6 cm³/mol. The Balaban J connectivity index is 2.15. The molecule has 0 saturated heterocycles. The van der Waals surface area contributed by atoms with E-state index in [2.05, 4.69) is 22.3 Å². The molecule has 1 heterocycles. The van der Waals surface area contributed by atoms with Crippen LogP contribution >= 0.6 is 0 Å². The maximum Gasteiger partial charge on any atom is 0.258 e. The predicted octanol–water partition coefficient (Wildman–Crippen LogP) is 1.55. The van der Waals surface area contributed by atoms with Crippen molar-refractivity contribution in [1.29, 1.82) is 0 Å². The van der Waals surface area contributed by atoms with Gasteiger partial charge in [-0.1, -0.05) is 23.1 Å². The minimum Gasteiger partial charge on any atom is -0.338 e. The lowest BCUT2D eigenvalue weighted by molar-refractivity contribution is 0.102. The Morgan fingerprint density at radius 2 is 2.32 bits per heavy atom. The number of hydrogen-bond donors (Lipinski definition) is 2. The maximum atomic E-state index is 12.0. The van der Waals surface area contributed by atoms with Gasteiger partial charge in [0, 0.05) is 17.2 Å². The molecule has 0 aliphatic heterocycles. The normalized spacial score (nSPS) is 9.58. The number of benzene rings is 1. The number of aromatic nitrogens is 1. The Morgan fingerprint density at radius 3 is 3.00 bits per heavy atom. The fourth-order valence-electron chi connectivity index (χ4n) is 1.50. The Bertz CT molecular complexity index is 650. The zero-order valence-corrected chi connectivity index (χ0v) is 10.4. The number of anilines is 1. The first-order chi connectivity index (χ1) is 9.19. The monoisotopic (exact) mass is 255 g/mol. The lowest BCUT2D eigenvalue weighted by Crippen LogP contribution is -2.11. The van der Waals surface area contributed by atoms with Gasteiger partial charge in [0.2, 0.25) is 5.88 Å². The van der Waals surface area contributed by atoms with Crippen LogP contribution in [-0.4, -0.2) is 17.6 Å². The molecule has 0 aliphatic rings. The molecule has 0 atom stereocenters. The summed E-state index contributed by atoms with van der Waals surface area (Å²) in [6.07, 6.45) is 0. The molecule has 0 saturated carbocycles. The third-order valence-electron chi connectivity index (χ3n) is 2.32. The van der Waals surface area contributed by atoms with Gasteiger partial charge in [-0.05, 0) is 25.1 Å². The molecule has 5 nitrogen and oxygen atoms in total. The first kappa shape index (κ1) is 12.9. The van der Waals surface area contributed by atoms with E-state index in [-0.39, 0.29) is 12.5 Å². The SMILES string of the molecule is Cc1cc(NC(=O)c2cccc(C#CCN)c2)on1. The maximum absolute atomic E-state index is 12.0. The molecule has 0 fully saturated rings. The van der Waals surface area contributed by atoms with Crippen molar-refractivity contribution >= 4 is 11.8 Å². The smallest absolute Gasteiger partial charge is 0.258 e. The molecule has 3 N–H and O–H groups in total. The first-order valence-corrected chi connectivity index (χ1v) is 5.72. The molecule has 0 spiro atoms. The number of rotatable bonds is 2. The quantitative estimate of drug-likeness (QED) is 0.798. The molecule has 1 aromatic heterocycles. The van der Waals surface area contributed by atoms with Gasteiger partial charge < -0.3 is 10.3 Å². The number of carbonyl (C=O) groups excluding carboxylic acids is 1. The highest BCUT2D eigenvalue weighted by atomic mass is 16.5. The molecule has 2 aromatic rings. The zero-order valence-electron chi connectivity index (χ0n) is 10.4. The molecule has 5 heteroatoms. The van der Waals surface area contributed by atoms with E-state index in [9.17, 15) is 4.79 Å². The van der Waals surface area contributed by atoms with E-state index in [1.807, 2.05) is 6.07 Å². The fourth-order valence-corrected chi connectivity index (χ4v) is 1.50. The van der Waals surface area contributed by atoms with Gasteiger partial charge in [-0.25, -0.2) is 0 Å². The highest BCUT2D eigenvalue weighted by molar-refractivity contribution is 6.03. The van der Waals surface area contributed by atoms with Crippen LogP contribution in [0.2, 0.25) is 0 Å². The van der Waals surface area contributed by atoms with Gasteiger partial charge in [0.05, 0.1) is 12.2 Å². The molecule has 0 unspecified atom stereocenters. The second-order valence-electron chi connectivity index (χ2n) is 3.87. The summed E-state index contributed by atoms with van der Waals surface area (Å²) < 4.78 is 4.93. The standard InChI is InChI=1S/C14H13N3O2/c1-10-8-13(19-17-10)16-14(18)12-6-2-4-11(9-12)5-3-7-15/h2,4,6,8-9H,7,15H2,1H3,(H,16,18). The van der Waals surface area contributed by atoms with Gasteiger partial charge in [0.1, 0.15) is 0 Å². The van der Waals surface area contributed by atoms with Gasteiger partial charge in [-0.3, -0.25) is 10.1 Å². The second-order valence-corrected chi connectivity index (χ2v) is 3.87. The largest absolute Gasteiger partial charge is 0.338 e. The second kappa shape index (κ2) is 5.85. The van der Waals surface area contributed by atoms with Crippen molar-refractivity contribution in [3.63, 3.8) is 0 Å². The molecule has 2 rings (SSSR count). The summed E-state index contributed by atoms with van der Waals surface area (Å²) in [4.78, 5) is 12.0. The minimum atomic E-state index is -0.271. The van der Waals surface area contributed by atoms with Gasteiger partial charge in [0.25, 0.3) is 5.91 Å². The van der Waals surface area contributed by atoms with E-state index in [1.165, 1.54) is 0 Å². The van der Waals surface area contributed by atoms with Crippen LogP contribution in [0.15, 0.2) is 34.9 Å². The molecule has 1 aromatic carbocycles. The van der Waals surface area contributed by atoms with E-state index in [0.29, 0.717) is 17.1 Å². The topological polar surface area (TPSA) is 81.2 Å². The lowest BCUT2D eigenvalue weighted by atomic mass is 10.1. The van der Waals surface area contributed by atoms with E-state index in [4.69, 9.17) is 10.3 Å². The van der Waals surface area contributed by atoms with Crippen LogP contribution < -0.4 is 11.1 Å². The Hall–Kier alpha value is -2.58. The van der Waals surface area contributed by atoms with Crippen molar-refractivity contribution in [3.8, 4) is 11.8 Å². The summed E-state index contributed by atoms with van der Waals surface area (Å²) in [5.74, 6) is 5.67. The number of amides is 1. The molecule has 0 aliphatic carbocycles. The van der Waals surface area contributed by atoms with Gasteiger partial charge >= 0.3 is 0 Å². The molecule has 0 bridgehead atoms.